The third kappa shape index (κ3) is 11.4. The molecule has 16 heteroatoms. The number of primary amides is 1. The summed E-state index contributed by atoms with van der Waals surface area (Å²) in [6, 6.07) is -5.99. The first-order valence-corrected chi connectivity index (χ1v) is 10.3. The van der Waals surface area contributed by atoms with E-state index in [1.54, 1.807) is 0 Å². The number of hydrogen-bond donors (Lipinski definition) is 10. The highest BCUT2D eigenvalue weighted by Crippen LogP contribution is 2.04. The second kappa shape index (κ2) is 14.6. The summed E-state index contributed by atoms with van der Waals surface area (Å²) in [5.41, 5.74) is 21.1. The number of amides is 4. The summed E-state index contributed by atoms with van der Waals surface area (Å²) >= 11 is 0. The van der Waals surface area contributed by atoms with Crippen LogP contribution < -0.4 is 38.9 Å². The van der Waals surface area contributed by atoms with Gasteiger partial charge >= 0.3 is 5.97 Å². The molecule has 0 rings (SSSR count). The lowest BCUT2D eigenvalue weighted by molar-refractivity contribution is -0.145. The van der Waals surface area contributed by atoms with E-state index in [9.17, 15) is 39.3 Å². The third-order valence-corrected chi connectivity index (χ3v) is 4.49. The molecule has 16 nitrogen and oxygen atoms in total. The molecular weight excluding hydrogens is 456 g/mol. The van der Waals surface area contributed by atoms with Crippen LogP contribution in [-0.4, -0.2) is 93.8 Å². The number of nitrogens with zero attached hydrogens (tertiary/aromatic N) is 1. The molecule has 0 radical (unpaired) electrons. The Morgan fingerprint density at radius 2 is 1.38 bits per heavy atom. The lowest BCUT2D eigenvalue weighted by atomic mass is 10.1. The van der Waals surface area contributed by atoms with Crippen LogP contribution in [0.1, 0.15) is 33.1 Å². The maximum atomic E-state index is 12.8. The van der Waals surface area contributed by atoms with Crippen LogP contribution in [0.15, 0.2) is 4.99 Å². The molecular formula is C18H34N8O8. The number of hydrogen-bond acceptors (Lipinski definition) is 9. The summed E-state index contributed by atoms with van der Waals surface area (Å²) in [6.45, 7) is 2.46. The Kier molecular flexibility index (Phi) is 13.1. The van der Waals surface area contributed by atoms with Crippen LogP contribution >= 0.6 is 0 Å². The summed E-state index contributed by atoms with van der Waals surface area (Å²) in [5.74, 6) is -5.60. The molecule has 0 saturated heterocycles. The fourth-order valence-corrected chi connectivity index (χ4v) is 2.58. The summed E-state index contributed by atoms with van der Waals surface area (Å²) in [7, 11) is 0. The van der Waals surface area contributed by atoms with Crippen molar-refractivity contribution in [1.82, 2.24) is 16.0 Å². The molecule has 6 atom stereocenters. The van der Waals surface area contributed by atoms with E-state index in [-0.39, 0.29) is 25.3 Å². The van der Waals surface area contributed by atoms with E-state index in [0.717, 1.165) is 6.92 Å². The van der Waals surface area contributed by atoms with Gasteiger partial charge in [-0.3, -0.25) is 24.2 Å². The van der Waals surface area contributed by atoms with Crippen LogP contribution in [0.25, 0.3) is 0 Å². The minimum absolute atomic E-state index is 0.0748. The zero-order valence-corrected chi connectivity index (χ0v) is 18.9. The van der Waals surface area contributed by atoms with Crippen molar-refractivity contribution in [3.8, 4) is 0 Å². The number of carboxylic acid groups (broad SMARTS) is 1. The number of aliphatic hydroxyl groups is 2. The average Bonchev–Trinajstić information content (AvgIpc) is 2.71. The van der Waals surface area contributed by atoms with Gasteiger partial charge in [-0.2, -0.15) is 0 Å². The standard InChI is InChI=1S/C18H34N8O8/c1-7(27)12(20)16(32)25-10(6-11(19)29)15(31)24-9(4-3-5-23-18(21)22)14(30)26-13(8(2)28)17(33)34/h7-10,12-13,27-28H,3-6,20H2,1-2H3,(H2,19,29)(H,24,31)(H,25,32)(H,26,30)(H,33,34)(H4,21,22,23). The van der Waals surface area contributed by atoms with Gasteiger partial charge in [-0.25, -0.2) is 4.79 Å². The molecule has 0 aromatic heterocycles. The van der Waals surface area contributed by atoms with Crippen LogP contribution in [0.5, 0.6) is 0 Å². The van der Waals surface area contributed by atoms with Crippen LogP contribution in [0.4, 0.5) is 0 Å². The molecule has 0 aromatic rings. The SMILES string of the molecule is CC(O)C(N)C(=O)NC(CC(N)=O)C(=O)NC(CCCN=C(N)N)C(=O)NC(C(=O)O)C(C)O. The molecule has 194 valence electrons. The number of rotatable bonds is 15. The van der Waals surface area contributed by atoms with E-state index in [2.05, 4.69) is 20.9 Å². The molecule has 14 N–H and O–H groups in total. The number of guanidine groups is 1. The van der Waals surface area contributed by atoms with Crippen LogP contribution in [0.3, 0.4) is 0 Å². The van der Waals surface area contributed by atoms with E-state index in [0.29, 0.717) is 0 Å². The Morgan fingerprint density at radius 3 is 1.82 bits per heavy atom. The van der Waals surface area contributed by atoms with Crippen molar-refractivity contribution in [3.05, 3.63) is 0 Å². The Balaban J connectivity index is 5.64. The van der Waals surface area contributed by atoms with Crippen molar-refractivity contribution in [2.45, 2.75) is 69.5 Å². The Hall–Kier alpha value is -3.50. The van der Waals surface area contributed by atoms with E-state index in [1.807, 2.05) is 0 Å². The first-order chi connectivity index (χ1) is 15.7. The zero-order chi connectivity index (χ0) is 26.6. The third-order valence-electron chi connectivity index (χ3n) is 4.49. The number of aliphatic imine (C=N–C) groups is 1. The van der Waals surface area contributed by atoms with Crippen molar-refractivity contribution in [1.29, 1.82) is 0 Å². The van der Waals surface area contributed by atoms with Crippen molar-refractivity contribution in [3.63, 3.8) is 0 Å². The fraction of sp³-hybridized carbons (Fsp3) is 0.667. The molecule has 0 bridgehead atoms. The number of carbonyl (C=O) groups excluding carboxylic acids is 4. The fourth-order valence-electron chi connectivity index (χ4n) is 2.58. The normalized spacial score (nSPS) is 16.0. The monoisotopic (exact) mass is 490 g/mol. The number of carboxylic acids is 1. The molecule has 0 aliphatic carbocycles. The minimum atomic E-state index is -1.67. The highest BCUT2D eigenvalue weighted by atomic mass is 16.4. The molecule has 0 fully saturated rings. The lowest BCUT2D eigenvalue weighted by Gasteiger charge is -2.25. The molecule has 0 spiro atoms. The van der Waals surface area contributed by atoms with Gasteiger partial charge in [-0.1, -0.05) is 0 Å². The molecule has 0 aliphatic heterocycles. The van der Waals surface area contributed by atoms with Gasteiger partial charge in [0.2, 0.25) is 23.6 Å². The van der Waals surface area contributed by atoms with E-state index >= 15 is 0 Å². The van der Waals surface area contributed by atoms with Crippen molar-refractivity contribution < 1.29 is 39.3 Å². The van der Waals surface area contributed by atoms with Gasteiger partial charge in [0, 0.05) is 6.54 Å². The smallest absolute Gasteiger partial charge is 0.328 e. The predicted molar refractivity (Wildman–Crippen MR) is 118 cm³/mol. The number of aliphatic carboxylic acids is 1. The van der Waals surface area contributed by atoms with E-state index < -0.39 is 72.4 Å². The Labute approximate surface area is 195 Å². The molecule has 6 unspecified atom stereocenters. The molecule has 0 aliphatic rings. The lowest BCUT2D eigenvalue weighted by Crippen LogP contribution is -2.59. The Morgan fingerprint density at radius 1 is 0.853 bits per heavy atom. The van der Waals surface area contributed by atoms with Gasteiger partial charge in [0.1, 0.15) is 18.1 Å². The first kappa shape index (κ1) is 30.5. The maximum Gasteiger partial charge on any atom is 0.328 e. The van der Waals surface area contributed by atoms with Gasteiger partial charge in [0.25, 0.3) is 0 Å². The number of nitrogens with one attached hydrogen (secondary N) is 3. The van der Waals surface area contributed by atoms with E-state index in [1.165, 1.54) is 6.92 Å². The zero-order valence-electron chi connectivity index (χ0n) is 18.9. The average molecular weight is 491 g/mol. The molecule has 0 aromatic carbocycles. The Bertz CT molecular complexity index is 769. The molecule has 0 saturated carbocycles. The number of carbonyl (C=O) groups is 5. The second-order valence-corrected chi connectivity index (χ2v) is 7.57. The topological polar surface area (TPSA) is 299 Å². The predicted octanol–water partition coefficient (Wildman–Crippen LogP) is -5.46. The van der Waals surface area contributed by atoms with Crippen molar-refractivity contribution >= 4 is 35.6 Å². The quantitative estimate of drug-likeness (QED) is 0.0586. The van der Waals surface area contributed by atoms with E-state index in [4.69, 9.17) is 22.9 Å². The first-order valence-electron chi connectivity index (χ1n) is 10.3. The van der Waals surface area contributed by atoms with Crippen LogP contribution in [0.2, 0.25) is 0 Å². The van der Waals surface area contributed by atoms with Gasteiger partial charge in [-0.15, -0.1) is 0 Å². The molecule has 0 heterocycles. The molecule has 34 heavy (non-hydrogen) atoms. The summed E-state index contributed by atoms with van der Waals surface area (Å²) in [5, 5.41) is 34.8. The van der Waals surface area contributed by atoms with Gasteiger partial charge in [0.05, 0.1) is 18.6 Å². The summed E-state index contributed by atoms with van der Waals surface area (Å²) in [6.07, 6.45) is -3.28. The van der Waals surface area contributed by atoms with Crippen molar-refractivity contribution in [2.75, 3.05) is 6.54 Å². The molecule has 4 amide bonds. The summed E-state index contributed by atoms with van der Waals surface area (Å²) < 4.78 is 0. The van der Waals surface area contributed by atoms with Gasteiger partial charge in [-0.05, 0) is 26.7 Å². The van der Waals surface area contributed by atoms with Crippen LogP contribution in [0, 0.1) is 0 Å². The number of aliphatic hydroxyl groups excluding tert-OH is 2. The highest BCUT2D eigenvalue weighted by molar-refractivity contribution is 5.96. The van der Waals surface area contributed by atoms with Crippen molar-refractivity contribution in [2.24, 2.45) is 27.9 Å². The summed E-state index contributed by atoms with van der Waals surface area (Å²) in [4.78, 5) is 64.0. The largest absolute Gasteiger partial charge is 0.480 e. The maximum absolute atomic E-state index is 12.8. The van der Waals surface area contributed by atoms with Gasteiger partial charge < -0.3 is 54.2 Å². The second-order valence-electron chi connectivity index (χ2n) is 7.57. The van der Waals surface area contributed by atoms with Gasteiger partial charge in [0.15, 0.2) is 12.0 Å². The van der Waals surface area contributed by atoms with Crippen LogP contribution in [-0.2, 0) is 24.0 Å². The highest BCUT2D eigenvalue weighted by Gasteiger charge is 2.32. The minimum Gasteiger partial charge on any atom is -0.480 e. The number of nitrogens with two attached hydrogens (primary N) is 4.